The summed E-state index contributed by atoms with van der Waals surface area (Å²) < 4.78 is 6.68. The number of thiocarbonyl (C=S) groups is 1. The van der Waals surface area contributed by atoms with E-state index >= 15 is 0 Å². The lowest BCUT2D eigenvalue weighted by molar-refractivity contribution is 0.479. The second-order valence-corrected chi connectivity index (χ2v) is 5.80. The van der Waals surface area contributed by atoms with Gasteiger partial charge in [-0.3, -0.25) is 0 Å². The van der Waals surface area contributed by atoms with Gasteiger partial charge in [-0.25, -0.2) is 0 Å². The average molecular weight is 350 g/mol. The Morgan fingerprint density at radius 2 is 1.90 bits per heavy atom. The van der Waals surface area contributed by atoms with Gasteiger partial charge < -0.3 is 10.5 Å². The summed E-state index contributed by atoms with van der Waals surface area (Å²) in [6.45, 7) is 2.17. The molecule has 0 heterocycles. The summed E-state index contributed by atoms with van der Waals surface area (Å²) in [6, 6.07) is 13.7. The third-order valence-corrected chi connectivity index (χ3v) is 3.76. The van der Waals surface area contributed by atoms with Crippen LogP contribution in [-0.2, 0) is 6.42 Å². The number of nitrogens with two attached hydrogens (primary N) is 1. The zero-order valence-corrected chi connectivity index (χ0v) is 13.6. The highest BCUT2D eigenvalue weighted by atomic mass is 79.9. The maximum Gasteiger partial charge on any atom is 0.141 e. The first-order chi connectivity index (χ1) is 9.60. The molecule has 2 aromatic rings. The number of rotatable bonds is 5. The molecule has 0 aromatic heterocycles. The molecule has 4 heteroatoms. The van der Waals surface area contributed by atoms with Crippen molar-refractivity contribution in [3.8, 4) is 11.5 Å². The Kier molecular flexibility index (Phi) is 5.15. The topological polar surface area (TPSA) is 35.2 Å². The third-order valence-electron chi connectivity index (χ3n) is 2.91. The number of hydrogen-bond donors (Lipinski definition) is 1. The van der Waals surface area contributed by atoms with Crippen LogP contribution in [-0.4, -0.2) is 4.99 Å². The van der Waals surface area contributed by atoms with E-state index in [0.29, 0.717) is 4.99 Å². The highest BCUT2D eigenvalue weighted by molar-refractivity contribution is 9.10. The van der Waals surface area contributed by atoms with Gasteiger partial charge in [0.15, 0.2) is 0 Å². The van der Waals surface area contributed by atoms with E-state index in [9.17, 15) is 0 Å². The molecule has 0 fully saturated rings. The monoisotopic (exact) mass is 349 g/mol. The highest BCUT2D eigenvalue weighted by Gasteiger charge is 2.05. The molecule has 2 rings (SSSR count). The first-order valence-electron chi connectivity index (χ1n) is 6.46. The highest BCUT2D eigenvalue weighted by Crippen LogP contribution is 2.30. The molecule has 0 radical (unpaired) electrons. The molecule has 0 aliphatic carbocycles. The van der Waals surface area contributed by atoms with E-state index in [1.807, 2.05) is 30.3 Å². The van der Waals surface area contributed by atoms with Crippen molar-refractivity contribution >= 4 is 33.1 Å². The zero-order chi connectivity index (χ0) is 14.5. The van der Waals surface area contributed by atoms with Gasteiger partial charge in [0.05, 0.1) is 4.47 Å². The van der Waals surface area contributed by atoms with Crippen LogP contribution in [0.3, 0.4) is 0 Å². The van der Waals surface area contributed by atoms with Crippen LogP contribution in [0.25, 0.3) is 0 Å². The number of benzene rings is 2. The van der Waals surface area contributed by atoms with Gasteiger partial charge in [0.1, 0.15) is 16.5 Å². The minimum absolute atomic E-state index is 0.376. The summed E-state index contributed by atoms with van der Waals surface area (Å²) >= 11 is 8.42. The van der Waals surface area contributed by atoms with E-state index in [1.54, 1.807) is 0 Å². The van der Waals surface area contributed by atoms with Crippen LogP contribution in [0.1, 0.15) is 24.5 Å². The van der Waals surface area contributed by atoms with Gasteiger partial charge in [0.25, 0.3) is 0 Å². The zero-order valence-electron chi connectivity index (χ0n) is 11.2. The molecule has 0 aliphatic heterocycles. The Balaban J connectivity index is 2.15. The Bertz CT molecular complexity index is 610. The van der Waals surface area contributed by atoms with Gasteiger partial charge >= 0.3 is 0 Å². The Morgan fingerprint density at radius 1 is 1.20 bits per heavy atom. The lowest BCUT2D eigenvalue weighted by atomic mass is 10.1. The molecule has 0 aliphatic rings. The molecule has 0 amide bonds. The predicted molar refractivity (Wildman–Crippen MR) is 90.5 cm³/mol. The van der Waals surface area contributed by atoms with Crippen LogP contribution in [0.4, 0.5) is 0 Å². The number of ether oxygens (including phenoxy) is 1. The fourth-order valence-corrected chi connectivity index (χ4v) is 2.46. The quantitative estimate of drug-likeness (QED) is 0.785. The van der Waals surface area contributed by atoms with Gasteiger partial charge in [0.2, 0.25) is 0 Å². The normalized spacial score (nSPS) is 10.3. The first-order valence-corrected chi connectivity index (χ1v) is 7.66. The Hall–Kier alpha value is -1.39. The molecular weight excluding hydrogens is 334 g/mol. The van der Waals surface area contributed by atoms with Crippen molar-refractivity contribution in [2.45, 2.75) is 19.8 Å². The smallest absolute Gasteiger partial charge is 0.141 e. The van der Waals surface area contributed by atoms with Crippen molar-refractivity contribution in [3.05, 3.63) is 58.1 Å². The van der Waals surface area contributed by atoms with Crippen molar-refractivity contribution in [3.63, 3.8) is 0 Å². The summed E-state index contributed by atoms with van der Waals surface area (Å²) in [5.41, 5.74) is 7.74. The van der Waals surface area contributed by atoms with Crippen LogP contribution in [0.5, 0.6) is 11.5 Å². The van der Waals surface area contributed by atoms with Gasteiger partial charge in [-0.1, -0.05) is 37.7 Å². The van der Waals surface area contributed by atoms with Crippen molar-refractivity contribution in [1.82, 2.24) is 0 Å². The van der Waals surface area contributed by atoms with Crippen molar-refractivity contribution in [2.75, 3.05) is 0 Å². The average Bonchev–Trinajstić information content (AvgIpc) is 2.43. The molecule has 0 spiro atoms. The Labute approximate surface area is 133 Å². The lowest BCUT2D eigenvalue weighted by Gasteiger charge is -2.09. The molecule has 2 N–H and O–H groups in total. The second-order valence-electron chi connectivity index (χ2n) is 4.51. The summed E-state index contributed by atoms with van der Waals surface area (Å²) in [4.78, 5) is 0.376. The fourth-order valence-electron chi connectivity index (χ4n) is 1.88. The van der Waals surface area contributed by atoms with Crippen LogP contribution in [0, 0.1) is 0 Å². The van der Waals surface area contributed by atoms with Gasteiger partial charge in [0, 0.05) is 5.56 Å². The summed E-state index contributed by atoms with van der Waals surface area (Å²) in [5.74, 6) is 1.56. The molecule has 20 heavy (non-hydrogen) atoms. The lowest BCUT2D eigenvalue weighted by Crippen LogP contribution is -2.08. The van der Waals surface area contributed by atoms with Crippen molar-refractivity contribution in [2.24, 2.45) is 5.73 Å². The van der Waals surface area contributed by atoms with E-state index in [1.165, 1.54) is 5.56 Å². The third kappa shape index (κ3) is 3.81. The minimum Gasteiger partial charge on any atom is -0.456 e. The maximum atomic E-state index is 5.85. The second kappa shape index (κ2) is 6.86. The number of halogens is 1. The molecule has 0 unspecified atom stereocenters. The van der Waals surface area contributed by atoms with Crippen LogP contribution in [0.15, 0.2) is 46.9 Å². The van der Waals surface area contributed by atoms with E-state index in [2.05, 4.69) is 35.0 Å². The van der Waals surface area contributed by atoms with Gasteiger partial charge in [-0.05, 0) is 58.2 Å². The van der Waals surface area contributed by atoms with Crippen LogP contribution < -0.4 is 10.5 Å². The first kappa shape index (κ1) is 15.0. The molecule has 0 saturated heterocycles. The van der Waals surface area contributed by atoms with Crippen molar-refractivity contribution in [1.29, 1.82) is 0 Å². The largest absolute Gasteiger partial charge is 0.456 e. The standard InChI is InChI=1S/C16H16BrNOS/c1-2-3-11-4-7-13(8-5-11)19-15-9-6-12(16(18)20)10-14(15)17/h4-10H,2-3H2,1H3,(H2,18,20). The van der Waals surface area contributed by atoms with Crippen LogP contribution in [0.2, 0.25) is 0 Å². The maximum absolute atomic E-state index is 5.85. The molecular formula is C16H16BrNOS. The van der Waals surface area contributed by atoms with Crippen LogP contribution >= 0.6 is 28.1 Å². The van der Waals surface area contributed by atoms with E-state index < -0.39 is 0 Å². The molecule has 104 valence electrons. The molecule has 2 nitrogen and oxygen atoms in total. The van der Waals surface area contributed by atoms with Gasteiger partial charge in [-0.15, -0.1) is 0 Å². The Morgan fingerprint density at radius 3 is 2.45 bits per heavy atom. The van der Waals surface area contributed by atoms with E-state index in [4.69, 9.17) is 22.7 Å². The predicted octanol–water partition coefficient (Wildman–Crippen LogP) is 4.83. The minimum atomic E-state index is 0.376. The summed E-state index contributed by atoms with van der Waals surface area (Å²) in [5, 5.41) is 0. The van der Waals surface area contributed by atoms with Gasteiger partial charge in [-0.2, -0.15) is 0 Å². The molecule has 0 bridgehead atoms. The number of hydrogen-bond acceptors (Lipinski definition) is 2. The molecule has 2 aromatic carbocycles. The van der Waals surface area contributed by atoms with E-state index in [0.717, 1.165) is 34.4 Å². The summed E-state index contributed by atoms with van der Waals surface area (Å²) in [6.07, 6.45) is 2.23. The molecule has 0 saturated carbocycles. The number of aryl methyl sites for hydroxylation is 1. The van der Waals surface area contributed by atoms with Crippen molar-refractivity contribution < 1.29 is 4.74 Å². The SMILES string of the molecule is CCCc1ccc(Oc2ccc(C(N)=S)cc2Br)cc1. The van der Waals surface area contributed by atoms with E-state index in [-0.39, 0.29) is 0 Å². The fraction of sp³-hybridized carbons (Fsp3) is 0.188. The summed E-state index contributed by atoms with van der Waals surface area (Å²) in [7, 11) is 0. The molecule has 0 atom stereocenters.